The molecule has 1 aromatic carbocycles. The number of nitrogens with one attached hydrogen (secondary N) is 1. The van der Waals surface area contributed by atoms with Gasteiger partial charge < -0.3 is 9.73 Å². The number of aryl methyl sites for hydroxylation is 1. The van der Waals surface area contributed by atoms with E-state index in [9.17, 15) is 0 Å². The minimum atomic E-state index is 0.0373. The normalized spacial score (nSPS) is 11.8. The van der Waals surface area contributed by atoms with E-state index in [-0.39, 0.29) is 5.54 Å². The zero-order chi connectivity index (χ0) is 14.0. The van der Waals surface area contributed by atoms with E-state index in [0.29, 0.717) is 23.2 Å². The number of benzene rings is 1. The van der Waals surface area contributed by atoms with Crippen molar-refractivity contribution in [1.82, 2.24) is 10.3 Å². The molecule has 0 radical (unpaired) electrons. The number of oxazole rings is 1. The minimum absolute atomic E-state index is 0.0373. The molecular weight excluding hydrogens is 260 g/mol. The van der Waals surface area contributed by atoms with Crippen molar-refractivity contribution in [3.05, 3.63) is 40.9 Å². The summed E-state index contributed by atoms with van der Waals surface area (Å²) in [6.07, 6.45) is 1.72. The third-order valence-corrected chi connectivity index (χ3v) is 3.28. The number of rotatable bonds is 3. The summed E-state index contributed by atoms with van der Waals surface area (Å²) in [6, 6.07) is 5.88. The van der Waals surface area contributed by atoms with E-state index in [0.717, 1.165) is 11.1 Å². The quantitative estimate of drug-likeness (QED) is 0.915. The Labute approximate surface area is 119 Å². The van der Waals surface area contributed by atoms with Crippen LogP contribution < -0.4 is 5.32 Å². The molecule has 4 heteroatoms. The van der Waals surface area contributed by atoms with Crippen LogP contribution >= 0.6 is 11.6 Å². The van der Waals surface area contributed by atoms with E-state index in [4.69, 9.17) is 16.0 Å². The molecule has 1 heterocycles. The molecule has 0 unspecified atom stereocenters. The Morgan fingerprint density at radius 1 is 1.32 bits per heavy atom. The van der Waals surface area contributed by atoms with Gasteiger partial charge in [-0.15, -0.1) is 0 Å². The molecule has 1 N–H and O–H groups in total. The predicted octanol–water partition coefficient (Wildman–Crippen LogP) is 4.19. The monoisotopic (exact) mass is 278 g/mol. The van der Waals surface area contributed by atoms with Crippen LogP contribution in [0.4, 0.5) is 0 Å². The first-order valence-corrected chi connectivity index (χ1v) is 6.70. The summed E-state index contributed by atoms with van der Waals surface area (Å²) >= 11 is 6.28. The second kappa shape index (κ2) is 5.35. The second-order valence-corrected chi connectivity index (χ2v) is 6.04. The smallest absolute Gasteiger partial charge is 0.208 e. The Hall–Kier alpha value is -1.32. The molecule has 0 saturated carbocycles. The van der Waals surface area contributed by atoms with Crippen molar-refractivity contribution in [2.75, 3.05) is 0 Å². The van der Waals surface area contributed by atoms with E-state index >= 15 is 0 Å². The fourth-order valence-electron chi connectivity index (χ4n) is 1.70. The lowest BCUT2D eigenvalue weighted by Crippen LogP contribution is -2.35. The summed E-state index contributed by atoms with van der Waals surface area (Å²) in [5.41, 5.74) is 1.96. The Bertz CT molecular complexity index is 570. The summed E-state index contributed by atoms with van der Waals surface area (Å²) in [7, 11) is 0. The van der Waals surface area contributed by atoms with Crippen LogP contribution in [0.15, 0.2) is 28.8 Å². The van der Waals surface area contributed by atoms with Crippen molar-refractivity contribution in [3.63, 3.8) is 0 Å². The van der Waals surface area contributed by atoms with Gasteiger partial charge in [-0.25, -0.2) is 4.98 Å². The van der Waals surface area contributed by atoms with Gasteiger partial charge in [0, 0.05) is 11.1 Å². The molecule has 0 bridgehead atoms. The first-order chi connectivity index (χ1) is 8.87. The number of hydrogen-bond donors (Lipinski definition) is 1. The van der Waals surface area contributed by atoms with Gasteiger partial charge >= 0.3 is 0 Å². The molecule has 0 saturated heterocycles. The van der Waals surface area contributed by atoms with Gasteiger partial charge in [-0.1, -0.05) is 23.7 Å². The molecular formula is C15H19ClN2O. The zero-order valence-electron chi connectivity index (χ0n) is 11.7. The van der Waals surface area contributed by atoms with Crippen molar-refractivity contribution in [2.45, 2.75) is 39.8 Å². The second-order valence-electron chi connectivity index (χ2n) is 5.66. The number of nitrogens with zero attached hydrogens (tertiary/aromatic N) is 1. The molecule has 0 aliphatic carbocycles. The molecule has 1 aromatic heterocycles. The Balaban J connectivity index is 2.19. The number of halogens is 1. The number of aromatic nitrogens is 1. The highest BCUT2D eigenvalue weighted by Crippen LogP contribution is 2.30. The van der Waals surface area contributed by atoms with Gasteiger partial charge in [0.05, 0.1) is 17.8 Å². The van der Waals surface area contributed by atoms with Crippen molar-refractivity contribution < 1.29 is 4.42 Å². The lowest BCUT2D eigenvalue weighted by molar-refractivity contribution is 0.383. The van der Waals surface area contributed by atoms with Crippen molar-refractivity contribution in [1.29, 1.82) is 0 Å². The van der Waals surface area contributed by atoms with Gasteiger partial charge in [-0.3, -0.25) is 0 Å². The maximum absolute atomic E-state index is 6.28. The maximum Gasteiger partial charge on any atom is 0.208 e. The zero-order valence-corrected chi connectivity index (χ0v) is 12.5. The third-order valence-electron chi connectivity index (χ3n) is 2.78. The molecule has 2 aromatic rings. The van der Waals surface area contributed by atoms with Crippen molar-refractivity contribution >= 4 is 11.6 Å². The lowest BCUT2D eigenvalue weighted by Gasteiger charge is -2.18. The van der Waals surface area contributed by atoms with E-state index in [1.807, 2.05) is 25.1 Å². The van der Waals surface area contributed by atoms with Gasteiger partial charge in [0.1, 0.15) is 0 Å². The van der Waals surface area contributed by atoms with E-state index in [1.54, 1.807) is 6.20 Å². The van der Waals surface area contributed by atoms with Crippen LogP contribution in [-0.4, -0.2) is 10.5 Å². The van der Waals surface area contributed by atoms with Gasteiger partial charge in [0.2, 0.25) is 5.89 Å². The van der Waals surface area contributed by atoms with E-state index in [1.165, 1.54) is 0 Å². The van der Waals surface area contributed by atoms with Crippen LogP contribution in [0.1, 0.15) is 32.2 Å². The Kier molecular flexibility index (Phi) is 3.97. The van der Waals surface area contributed by atoms with Crippen LogP contribution in [0.2, 0.25) is 5.02 Å². The van der Waals surface area contributed by atoms with Gasteiger partial charge in [0.25, 0.3) is 0 Å². The fourth-order valence-corrected chi connectivity index (χ4v) is 1.91. The summed E-state index contributed by atoms with van der Waals surface area (Å²) < 4.78 is 5.74. The highest BCUT2D eigenvalue weighted by atomic mass is 35.5. The van der Waals surface area contributed by atoms with Gasteiger partial charge in [-0.2, -0.15) is 0 Å². The summed E-state index contributed by atoms with van der Waals surface area (Å²) in [5, 5.41) is 4.06. The third kappa shape index (κ3) is 3.58. The maximum atomic E-state index is 6.28. The molecule has 102 valence electrons. The van der Waals surface area contributed by atoms with Crippen LogP contribution in [0.5, 0.6) is 0 Å². The molecule has 0 spiro atoms. The van der Waals surface area contributed by atoms with Gasteiger partial charge in [0.15, 0.2) is 5.76 Å². The van der Waals surface area contributed by atoms with Crippen molar-refractivity contribution in [3.8, 4) is 11.3 Å². The largest absolute Gasteiger partial charge is 0.439 e. The molecule has 0 aliphatic rings. The summed E-state index contributed by atoms with van der Waals surface area (Å²) in [5.74, 6) is 1.38. The highest BCUT2D eigenvalue weighted by molar-refractivity contribution is 6.33. The molecule has 0 fully saturated rings. The van der Waals surface area contributed by atoms with Crippen LogP contribution in [0.3, 0.4) is 0 Å². The molecule has 0 amide bonds. The average Bonchev–Trinajstić information content (AvgIpc) is 2.78. The summed E-state index contributed by atoms with van der Waals surface area (Å²) in [4.78, 5) is 4.28. The minimum Gasteiger partial charge on any atom is -0.439 e. The van der Waals surface area contributed by atoms with Gasteiger partial charge in [-0.05, 0) is 39.3 Å². The molecule has 3 nitrogen and oxygen atoms in total. The van der Waals surface area contributed by atoms with Crippen LogP contribution in [-0.2, 0) is 6.54 Å². The highest BCUT2D eigenvalue weighted by Gasteiger charge is 2.13. The molecule has 0 atom stereocenters. The first kappa shape index (κ1) is 14.1. The SMILES string of the molecule is Cc1cccc(-c2cnc(CNC(C)(C)C)o2)c1Cl. The Morgan fingerprint density at radius 3 is 2.74 bits per heavy atom. The number of hydrogen-bond acceptors (Lipinski definition) is 3. The van der Waals surface area contributed by atoms with Crippen LogP contribution in [0.25, 0.3) is 11.3 Å². The lowest BCUT2D eigenvalue weighted by atomic mass is 10.1. The average molecular weight is 279 g/mol. The van der Waals surface area contributed by atoms with Crippen molar-refractivity contribution in [2.24, 2.45) is 0 Å². The first-order valence-electron chi connectivity index (χ1n) is 6.32. The predicted molar refractivity (Wildman–Crippen MR) is 78.3 cm³/mol. The fraction of sp³-hybridized carbons (Fsp3) is 0.400. The van der Waals surface area contributed by atoms with E-state index < -0.39 is 0 Å². The molecule has 19 heavy (non-hydrogen) atoms. The Morgan fingerprint density at radius 2 is 2.05 bits per heavy atom. The molecule has 2 rings (SSSR count). The standard InChI is InChI=1S/C15H19ClN2O/c1-10-6-5-7-11(14(10)16)12-8-17-13(19-12)9-18-15(2,3)4/h5-8,18H,9H2,1-4H3. The van der Waals surface area contributed by atoms with E-state index in [2.05, 4.69) is 31.1 Å². The topological polar surface area (TPSA) is 38.1 Å². The molecule has 0 aliphatic heterocycles. The van der Waals surface area contributed by atoms with Crippen LogP contribution in [0, 0.1) is 6.92 Å². The summed E-state index contributed by atoms with van der Waals surface area (Å²) in [6.45, 7) is 8.90.